The average Bonchev–Trinajstić information content (AvgIpc) is 2.35. The molecular weight excluding hydrogens is 249 g/mol. The first-order chi connectivity index (χ1) is 8.97. The molecule has 1 rings (SSSR count). The van der Waals surface area contributed by atoms with Crippen LogP contribution in [-0.4, -0.2) is 41.6 Å². The average molecular weight is 271 g/mol. The van der Waals surface area contributed by atoms with Crippen molar-refractivity contribution in [2.75, 3.05) is 13.2 Å². The fourth-order valence-electron chi connectivity index (χ4n) is 1.71. The number of aliphatic hydroxyl groups excluding tert-OH is 2. The number of nitrogens with one attached hydrogen (secondary N) is 1. The number of aliphatic hydroxyl groups is 2. The van der Waals surface area contributed by atoms with Crippen molar-refractivity contribution in [3.05, 3.63) is 30.1 Å². The molecule has 0 aliphatic rings. The molecule has 0 aliphatic carbocycles. The van der Waals surface area contributed by atoms with Crippen molar-refractivity contribution in [1.82, 2.24) is 5.32 Å². The van der Waals surface area contributed by atoms with Crippen molar-refractivity contribution in [2.24, 2.45) is 0 Å². The molecule has 0 fully saturated rings. The van der Waals surface area contributed by atoms with Gasteiger partial charge in [0.25, 0.3) is 0 Å². The standard InChI is InChI=1S/C14H22FNO3/c1-10(7-11(2)17)16-8-13(18)9-19-14-5-3-12(15)4-6-14/h3-6,10-11,13,16-18H,7-9H2,1-2H3. The molecule has 3 atom stereocenters. The summed E-state index contributed by atoms with van der Waals surface area (Å²) in [5.74, 6) is 0.207. The van der Waals surface area contributed by atoms with E-state index < -0.39 is 6.10 Å². The van der Waals surface area contributed by atoms with Gasteiger partial charge in [0.2, 0.25) is 0 Å². The molecule has 0 aliphatic heterocycles. The lowest BCUT2D eigenvalue weighted by Gasteiger charge is -2.18. The zero-order valence-corrected chi connectivity index (χ0v) is 11.3. The maximum absolute atomic E-state index is 12.7. The second-order valence-corrected chi connectivity index (χ2v) is 4.81. The van der Waals surface area contributed by atoms with E-state index in [0.717, 1.165) is 0 Å². The highest BCUT2D eigenvalue weighted by Crippen LogP contribution is 2.11. The number of hydrogen-bond acceptors (Lipinski definition) is 4. The topological polar surface area (TPSA) is 61.7 Å². The van der Waals surface area contributed by atoms with Crippen molar-refractivity contribution in [3.63, 3.8) is 0 Å². The third-order valence-corrected chi connectivity index (χ3v) is 2.65. The van der Waals surface area contributed by atoms with Gasteiger partial charge in [-0.05, 0) is 44.5 Å². The summed E-state index contributed by atoms with van der Waals surface area (Å²) in [4.78, 5) is 0. The zero-order chi connectivity index (χ0) is 14.3. The fourth-order valence-corrected chi connectivity index (χ4v) is 1.71. The Morgan fingerprint density at radius 2 is 1.84 bits per heavy atom. The van der Waals surface area contributed by atoms with E-state index in [1.54, 1.807) is 6.92 Å². The number of rotatable bonds is 8. The van der Waals surface area contributed by atoms with E-state index in [4.69, 9.17) is 4.74 Å². The summed E-state index contributed by atoms with van der Waals surface area (Å²) in [7, 11) is 0. The molecule has 0 aromatic heterocycles. The molecule has 3 N–H and O–H groups in total. The smallest absolute Gasteiger partial charge is 0.123 e. The molecular formula is C14H22FNO3. The summed E-state index contributed by atoms with van der Waals surface area (Å²) in [5.41, 5.74) is 0. The Labute approximate surface area is 113 Å². The van der Waals surface area contributed by atoms with E-state index in [-0.39, 0.29) is 24.6 Å². The Hall–Kier alpha value is -1.17. The van der Waals surface area contributed by atoms with Crippen LogP contribution in [0.2, 0.25) is 0 Å². The van der Waals surface area contributed by atoms with Gasteiger partial charge in [0.15, 0.2) is 0 Å². The van der Waals surface area contributed by atoms with Crippen LogP contribution in [0.4, 0.5) is 4.39 Å². The number of benzene rings is 1. The Morgan fingerprint density at radius 1 is 1.21 bits per heavy atom. The first-order valence-electron chi connectivity index (χ1n) is 6.45. The van der Waals surface area contributed by atoms with Crippen LogP contribution in [-0.2, 0) is 0 Å². The van der Waals surface area contributed by atoms with Gasteiger partial charge in [0.05, 0.1) is 6.10 Å². The Morgan fingerprint density at radius 3 is 2.42 bits per heavy atom. The first kappa shape index (κ1) is 15.9. The first-order valence-corrected chi connectivity index (χ1v) is 6.45. The van der Waals surface area contributed by atoms with Gasteiger partial charge in [-0.25, -0.2) is 4.39 Å². The summed E-state index contributed by atoms with van der Waals surface area (Å²) in [6, 6.07) is 5.78. The summed E-state index contributed by atoms with van der Waals surface area (Å²) >= 11 is 0. The lowest BCUT2D eigenvalue weighted by atomic mass is 10.1. The molecule has 108 valence electrons. The molecule has 19 heavy (non-hydrogen) atoms. The Bertz CT molecular complexity index is 356. The quantitative estimate of drug-likeness (QED) is 0.667. The second kappa shape index (κ2) is 8.09. The molecule has 1 aromatic carbocycles. The highest BCUT2D eigenvalue weighted by atomic mass is 19.1. The van der Waals surface area contributed by atoms with Crippen molar-refractivity contribution >= 4 is 0 Å². The van der Waals surface area contributed by atoms with Crippen LogP contribution in [0, 0.1) is 5.82 Å². The lowest BCUT2D eigenvalue weighted by molar-refractivity contribution is 0.100. The third kappa shape index (κ3) is 7.10. The summed E-state index contributed by atoms with van der Waals surface area (Å²) in [6.07, 6.45) is -0.387. The second-order valence-electron chi connectivity index (χ2n) is 4.81. The minimum Gasteiger partial charge on any atom is -0.491 e. The molecule has 0 amide bonds. The Kier molecular flexibility index (Phi) is 6.77. The van der Waals surface area contributed by atoms with Crippen molar-refractivity contribution in [3.8, 4) is 5.75 Å². The van der Waals surface area contributed by atoms with Gasteiger partial charge in [-0.15, -0.1) is 0 Å². The summed E-state index contributed by atoms with van der Waals surface area (Å²) in [5, 5.41) is 22.0. The van der Waals surface area contributed by atoms with Gasteiger partial charge in [-0.2, -0.15) is 0 Å². The normalized spacial score (nSPS) is 15.8. The van der Waals surface area contributed by atoms with E-state index in [9.17, 15) is 14.6 Å². The van der Waals surface area contributed by atoms with Crippen LogP contribution >= 0.6 is 0 Å². The van der Waals surface area contributed by atoms with Crippen LogP contribution in [0.5, 0.6) is 5.75 Å². The molecule has 3 unspecified atom stereocenters. The van der Waals surface area contributed by atoms with Gasteiger partial charge < -0.3 is 20.3 Å². The largest absolute Gasteiger partial charge is 0.491 e. The summed E-state index contributed by atoms with van der Waals surface area (Å²) < 4.78 is 18.0. The van der Waals surface area contributed by atoms with Crippen LogP contribution in [0.3, 0.4) is 0 Å². The van der Waals surface area contributed by atoms with Crippen LogP contribution < -0.4 is 10.1 Å². The SMILES string of the molecule is CC(O)CC(C)NCC(O)COc1ccc(F)cc1. The minimum atomic E-state index is -0.651. The fraction of sp³-hybridized carbons (Fsp3) is 0.571. The zero-order valence-electron chi connectivity index (χ0n) is 11.3. The van der Waals surface area contributed by atoms with Gasteiger partial charge in [0.1, 0.15) is 24.3 Å². The van der Waals surface area contributed by atoms with Crippen LogP contribution in [0.25, 0.3) is 0 Å². The highest BCUT2D eigenvalue weighted by Gasteiger charge is 2.09. The van der Waals surface area contributed by atoms with E-state index in [1.165, 1.54) is 24.3 Å². The molecule has 0 heterocycles. The predicted molar refractivity (Wildman–Crippen MR) is 71.7 cm³/mol. The molecule has 0 saturated heterocycles. The van der Waals surface area contributed by atoms with Crippen LogP contribution in [0.15, 0.2) is 24.3 Å². The van der Waals surface area contributed by atoms with Gasteiger partial charge in [-0.3, -0.25) is 0 Å². The molecule has 0 radical (unpaired) electrons. The van der Waals surface area contributed by atoms with E-state index in [0.29, 0.717) is 18.7 Å². The van der Waals surface area contributed by atoms with Gasteiger partial charge in [0, 0.05) is 12.6 Å². The van der Waals surface area contributed by atoms with E-state index in [2.05, 4.69) is 5.32 Å². The van der Waals surface area contributed by atoms with Gasteiger partial charge in [-0.1, -0.05) is 0 Å². The molecule has 5 heteroatoms. The number of halogens is 1. The molecule has 0 saturated carbocycles. The monoisotopic (exact) mass is 271 g/mol. The lowest BCUT2D eigenvalue weighted by Crippen LogP contribution is -2.37. The van der Waals surface area contributed by atoms with Gasteiger partial charge >= 0.3 is 0 Å². The van der Waals surface area contributed by atoms with Crippen molar-refractivity contribution in [2.45, 2.75) is 38.5 Å². The van der Waals surface area contributed by atoms with E-state index >= 15 is 0 Å². The molecule has 0 spiro atoms. The maximum Gasteiger partial charge on any atom is 0.123 e. The summed E-state index contributed by atoms with van der Waals surface area (Å²) in [6.45, 7) is 4.20. The minimum absolute atomic E-state index is 0.125. The van der Waals surface area contributed by atoms with Crippen LogP contribution in [0.1, 0.15) is 20.3 Å². The molecule has 0 bridgehead atoms. The number of hydrogen-bond donors (Lipinski definition) is 3. The van der Waals surface area contributed by atoms with E-state index in [1.807, 2.05) is 6.92 Å². The van der Waals surface area contributed by atoms with Crippen molar-refractivity contribution < 1.29 is 19.3 Å². The third-order valence-electron chi connectivity index (χ3n) is 2.65. The maximum atomic E-state index is 12.7. The molecule has 4 nitrogen and oxygen atoms in total. The van der Waals surface area contributed by atoms with Crippen molar-refractivity contribution in [1.29, 1.82) is 0 Å². The molecule has 1 aromatic rings. The Balaban J connectivity index is 2.20. The highest BCUT2D eigenvalue weighted by molar-refractivity contribution is 5.22. The predicted octanol–water partition coefficient (Wildman–Crippen LogP) is 1.31. The number of ether oxygens (including phenoxy) is 1.